The number of aliphatic carboxylic acids is 1. The molecule has 1 aromatic carbocycles. The van der Waals surface area contributed by atoms with E-state index in [1.54, 1.807) is 30.3 Å². The summed E-state index contributed by atoms with van der Waals surface area (Å²) >= 11 is 3.99. The van der Waals surface area contributed by atoms with E-state index in [2.05, 4.69) is 38.5 Å². The summed E-state index contributed by atoms with van der Waals surface area (Å²) < 4.78 is 0. The smallest absolute Gasteiger partial charge is 0.326 e. The van der Waals surface area contributed by atoms with Crippen LogP contribution in [0.1, 0.15) is 17.7 Å². The number of nitrogens with zero attached hydrogens (tertiary/aromatic N) is 1. The van der Waals surface area contributed by atoms with Crippen molar-refractivity contribution >= 4 is 42.2 Å². The fourth-order valence-electron chi connectivity index (χ4n) is 3.19. The van der Waals surface area contributed by atoms with Crippen LogP contribution in [0.4, 0.5) is 0 Å². The van der Waals surface area contributed by atoms with Gasteiger partial charge in [-0.25, -0.2) is 9.78 Å². The Morgan fingerprint density at radius 3 is 2.06 bits per heavy atom. The first-order valence-electron chi connectivity index (χ1n) is 10.9. The second-order valence-corrected chi connectivity index (χ2v) is 8.32. The molecule has 0 saturated carbocycles. The van der Waals surface area contributed by atoms with Crippen LogP contribution in [0.25, 0.3) is 0 Å². The molecule has 4 amide bonds. The highest BCUT2D eigenvalue weighted by Crippen LogP contribution is 2.07. The molecule has 14 heteroatoms. The van der Waals surface area contributed by atoms with Gasteiger partial charge >= 0.3 is 5.97 Å². The third kappa shape index (κ3) is 9.03. The second-order valence-electron chi connectivity index (χ2n) is 7.95. The third-order valence-electron chi connectivity index (χ3n) is 5.08. The van der Waals surface area contributed by atoms with Crippen molar-refractivity contribution in [3.05, 3.63) is 54.1 Å². The van der Waals surface area contributed by atoms with Crippen molar-refractivity contribution in [1.82, 2.24) is 25.9 Å². The second kappa shape index (κ2) is 13.8. The van der Waals surface area contributed by atoms with E-state index in [4.69, 9.17) is 11.5 Å². The maximum Gasteiger partial charge on any atom is 0.326 e. The first-order valence-corrected chi connectivity index (χ1v) is 11.5. The number of H-pyrrole nitrogens is 1. The highest BCUT2D eigenvalue weighted by molar-refractivity contribution is 7.80. The number of rotatable bonds is 14. The fourth-order valence-corrected chi connectivity index (χ4v) is 3.36. The maximum atomic E-state index is 13.2. The Kier molecular flexibility index (Phi) is 10.9. The number of carboxylic acid groups (broad SMARTS) is 1. The minimum atomic E-state index is -1.58. The van der Waals surface area contributed by atoms with E-state index in [9.17, 15) is 29.1 Å². The lowest BCUT2D eigenvalue weighted by Gasteiger charge is -2.25. The Morgan fingerprint density at radius 2 is 1.53 bits per heavy atom. The molecule has 4 atom stereocenters. The quantitative estimate of drug-likeness (QED) is 0.128. The lowest BCUT2D eigenvalue weighted by molar-refractivity contribution is -0.143. The van der Waals surface area contributed by atoms with Crippen LogP contribution >= 0.6 is 12.6 Å². The van der Waals surface area contributed by atoms with Crippen LogP contribution in [0.15, 0.2) is 42.9 Å². The molecule has 0 spiro atoms. The zero-order valence-electron chi connectivity index (χ0n) is 19.2. The summed E-state index contributed by atoms with van der Waals surface area (Å²) in [4.78, 5) is 68.1. The summed E-state index contributed by atoms with van der Waals surface area (Å²) in [5, 5.41) is 16.7. The number of hydrogen-bond acceptors (Lipinski definition) is 8. The minimum absolute atomic E-state index is 0.00218. The maximum absolute atomic E-state index is 13.2. The standard InChI is InChI=1S/C22H29N7O6S/c23-14(10-36)19(31)27-16(7-13-9-25-11-26-13)21(33)28-15(6-12-4-2-1-3-5-12)20(32)29-17(22(34)35)8-18(24)30/h1-5,9,11,14-17,36H,6-8,10,23H2,(H2,24,30)(H,25,26)(H,27,31)(H,28,33)(H,29,32)(H,34,35). The van der Waals surface area contributed by atoms with Gasteiger partial charge in [0.25, 0.3) is 0 Å². The van der Waals surface area contributed by atoms with Crippen molar-refractivity contribution in [2.24, 2.45) is 11.5 Å². The molecule has 0 fully saturated rings. The number of thiol groups is 1. The average molecular weight is 520 g/mol. The number of benzene rings is 1. The van der Waals surface area contributed by atoms with E-state index in [-0.39, 0.29) is 18.6 Å². The van der Waals surface area contributed by atoms with Crippen LogP contribution in [-0.4, -0.2) is 74.6 Å². The van der Waals surface area contributed by atoms with Gasteiger partial charge in [-0.15, -0.1) is 0 Å². The van der Waals surface area contributed by atoms with Crippen molar-refractivity contribution in [2.45, 2.75) is 43.4 Å². The monoisotopic (exact) mass is 519 g/mol. The van der Waals surface area contributed by atoms with Crippen LogP contribution in [0.5, 0.6) is 0 Å². The van der Waals surface area contributed by atoms with Crippen LogP contribution in [0, 0.1) is 0 Å². The van der Waals surface area contributed by atoms with Gasteiger partial charge in [-0.3, -0.25) is 19.2 Å². The molecule has 2 rings (SSSR count). The number of primary amides is 1. The summed E-state index contributed by atoms with van der Waals surface area (Å²) in [6, 6.07) is 3.74. The summed E-state index contributed by atoms with van der Waals surface area (Å²) in [6.07, 6.45) is 2.26. The summed E-state index contributed by atoms with van der Waals surface area (Å²) in [5.74, 6) is -4.53. The van der Waals surface area contributed by atoms with E-state index < -0.39 is 60.2 Å². The Balaban J connectivity index is 2.27. The minimum Gasteiger partial charge on any atom is -0.480 e. The number of nitrogens with one attached hydrogen (secondary N) is 4. The summed E-state index contributed by atoms with van der Waals surface area (Å²) in [5.41, 5.74) is 12.0. The number of hydrogen-bond donors (Lipinski definition) is 8. The largest absolute Gasteiger partial charge is 0.480 e. The zero-order valence-corrected chi connectivity index (χ0v) is 20.1. The number of carbonyl (C=O) groups excluding carboxylic acids is 4. The van der Waals surface area contributed by atoms with Crippen LogP contribution in [0.3, 0.4) is 0 Å². The molecule has 0 aliphatic rings. The van der Waals surface area contributed by atoms with E-state index in [0.29, 0.717) is 11.3 Å². The van der Waals surface area contributed by atoms with E-state index >= 15 is 0 Å². The Hall–Kier alpha value is -3.91. The molecular weight excluding hydrogens is 490 g/mol. The number of aromatic nitrogens is 2. The molecule has 13 nitrogen and oxygen atoms in total. The van der Waals surface area contributed by atoms with Gasteiger partial charge in [0.1, 0.15) is 18.1 Å². The lowest BCUT2D eigenvalue weighted by atomic mass is 10.0. The average Bonchev–Trinajstić information content (AvgIpc) is 3.35. The summed E-state index contributed by atoms with van der Waals surface area (Å²) in [7, 11) is 0. The van der Waals surface area contributed by atoms with Crippen molar-refractivity contribution in [3.8, 4) is 0 Å². The number of amides is 4. The van der Waals surface area contributed by atoms with Crippen molar-refractivity contribution in [3.63, 3.8) is 0 Å². The van der Waals surface area contributed by atoms with E-state index in [1.807, 2.05) is 0 Å². The fraction of sp³-hybridized carbons (Fsp3) is 0.364. The van der Waals surface area contributed by atoms with Crippen molar-refractivity contribution < 1.29 is 29.1 Å². The molecule has 0 bridgehead atoms. The molecule has 0 saturated heterocycles. The number of carbonyl (C=O) groups is 5. The molecule has 1 aromatic heterocycles. The van der Waals surface area contributed by atoms with Crippen LogP contribution in [-0.2, 0) is 36.8 Å². The van der Waals surface area contributed by atoms with Crippen LogP contribution in [0.2, 0.25) is 0 Å². The highest BCUT2D eigenvalue weighted by Gasteiger charge is 2.31. The Labute approximate surface area is 212 Å². The Bertz CT molecular complexity index is 1050. The third-order valence-corrected chi connectivity index (χ3v) is 5.47. The van der Waals surface area contributed by atoms with Gasteiger partial charge in [0.05, 0.1) is 18.8 Å². The molecule has 9 N–H and O–H groups in total. The SMILES string of the molecule is NC(=O)CC(NC(=O)C(Cc1ccccc1)NC(=O)C(Cc1cnc[nH]1)NC(=O)C(N)CS)C(=O)O. The number of aromatic amines is 1. The van der Waals surface area contributed by atoms with Gasteiger partial charge < -0.3 is 37.5 Å². The van der Waals surface area contributed by atoms with E-state index in [1.165, 1.54) is 12.5 Å². The zero-order chi connectivity index (χ0) is 26.7. The number of carboxylic acids is 1. The van der Waals surface area contributed by atoms with Gasteiger partial charge in [-0.2, -0.15) is 12.6 Å². The van der Waals surface area contributed by atoms with Gasteiger partial charge in [0.15, 0.2) is 0 Å². The lowest BCUT2D eigenvalue weighted by Crippen LogP contribution is -2.58. The highest BCUT2D eigenvalue weighted by atomic mass is 32.1. The molecule has 1 heterocycles. The van der Waals surface area contributed by atoms with Gasteiger partial charge in [0, 0.05) is 30.5 Å². The number of nitrogens with two attached hydrogens (primary N) is 2. The molecule has 194 valence electrons. The molecular formula is C22H29N7O6S. The predicted octanol–water partition coefficient (Wildman–Crippen LogP) is -2.13. The van der Waals surface area contributed by atoms with Crippen LogP contribution < -0.4 is 27.4 Å². The van der Waals surface area contributed by atoms with Gasteiger partial charge in [-0.1, -0.05) is 30.3 Å². The molecule has 4 unspecified atom stereocenters. The van der Waals surface area contributed by atoms with Crippen molar-refractivity contribution in [2.75, 3.05) is 5.75 Å². The normalized spacial score (nSPS) is 14.1. The number of imidazole rings is 1. The first-order chi connectivity index (χ1) is 17.1. The van der Waals surface area contributed by atoms with Crippen molar-refractivity contribution in [1.29, 1.82) is 0 Å². The molecule has 2 aromatic rings. The van der Waals surface area contributed by atoms with Gasteiger partial charge in [-0.05, 0) is 5.56 Å². The molecule has 0 aliphatic heterocycles. The molecule has 0 aliphatic carbocycles. The topological polar surface area (TPSA) is 222 Å². The first kappa shape index (κ1) is 28.3. The Morgan fingerprint density at radius 1 is 0.944 bits per heavy atom. The molecule has 36 heavy (non-hydrogen) atoms. The predicted molar refractivity (Wildman–Crippen MR) is 132 cm³/mol. The summed E-state index contributed by atoms with van der Waals surface area (Å²) in [6.45, 7) is 0. The molecule has 0 radical (unpaired) electrons. The van der Waals surface area contributed by atoms with Gasteiger partial charge in [0.2, 0.25) is 23.6 Å². The van der Waals surface area contributed by atoms with E-state index in [0.717, 1.165) is 0 Å².